The molecule has 0 heterocycles. The van der Waals surface area contributed by atoms with Crippen LogP contribution in [-0.2, 0) is 32.1 Å². The van der Waals surface area contributed by atoms with Gasteiger partial charge in [0.1, 0.15) is 11.6 Å². The van der Waals surface area contributed by atoms with Gasteiger partial charge in [-0.15, -0.1) is 0 Å². The van der Waals surface area contributed by atoms with E-state index in [4.69, 9.17) is 0 Å². The second-order valence-electron chi connectivity index (χ2n) is 11.5. The van der Waals surface area contributed by atoms with E-state index in [9.17, 15) is 19.2 Å². The number of hydrogen-bond donors (Lipinski definition) is 2. The molecule has 0 unspecified atom stereocenters. The van der Waals surface area contributed by atoms with Gasteiger partial charge in [0.15, 0.2) is 0 Å². The molecule has 0 aliphatic rings. The van der Waals surface area contributed by atoms with E-state index in [-0.39, 0.29) is 23.4 Å². The lowest BCUT2D eigenvalue weighted by atomic mass is 10.0. The lowest BCUT2D eigenvalue weighted by molar-refractivity contribution is -0.123. The van der Waals surface area contributed by atoms with E-state index in [1.165, 1.54) is 5.56 Å². The standard InChI is InChI=1S/C35H51N3O4/c1-29(2)23-26-38(25-11-18-32(39)16-9-17-33(40)22-21-30-12-5-3-6-13-30)27-24-36-34(41)19-10-20-35(42)37-28-31-14-7-4-8-15-31/h3-8,12-15,29H,9-11,16-28H2,1-2H3,(H,36,41)(H,37,42). The fraction of sp³-hybridized carbons (Fsp3) is 0.543. The Kier molecular flexibility index (Phi) is 17.8. The predicted molar refractivity (Wildman–Crippen MR) is 169 cm³/mol. The molecule has 2 N–H and O–H groups in total. The Bertz CT molecular complexity index is 977. The normalized spacial score (nSPS) is 11.0. The first kappa shape index (κ1) is 34.9. The lowest BCUT2D eigenvalue weighted by Crippen LogP contribution is -2.36. The van der Waals surface area contributed by atoms with Crippen LogP contribution in [0.1, 0.15) is 89.2 Å². The second kappa shape index (κ2) is 21.4. The third kappa shape index (κ3) is 17.5. The highest BCUT2D eigenvalue weighted by molar-refractivity contribution is 5.81. The lowest BCUT2D eigenvalue weighted by Gasteiger charge is -2.23. The number of carbonyl (C=O) groups is 4. The molecule has 0 aromatic heterocycles. The summed E-state index contributed by atoms with van der Waals surface area (Å²) in [5.41, 5.74) is 2.22. The van der Waals surface area contributed by atoms with Crippen molar-refractivity contribution >= 4 is 23.4 Å². The molecule has 0 fully saturated rings. The van der Waals surface area contributed by atoms with Crippen LogP contribution >= 0.6 is 0 Å². The van der Waals surface area contributed by atoms with Crippen LogP contribution in [0.5, 0.6) is 0 Å². The number of ketones is 2. The molecule has 2 aromatic rings. The Morgan fingerprint density at radius 2 is 1.17 bits per heavy atom. The van der Waals surface area contributed by atoms with Crippen molar-refractivity contribution in [2.24, 2.45) is 5.92 Å². The van der Waals surface area contributed by atoms with Crippen LogP contribution in [0.4, 0.5) is 0 Å². The Hall–Kier alpha value is -3.32. The van der Waals surface area contributed by atoms with Crippen molar-refractivity contribution in [1.82, 2.24) is 15.5 Å². The fourth-order valence-electron chi connectivity index (χ4n) is 4.67. The topological polar surface area (TPSA) is 95.6 Å². The smallest absolute Gasteiger partial charge is 0.220 e. The maximum atomic E-state index is 12.4. The number of benzene rings is 2. The highest BCUT2D eigenvalue weighted by atomic mass is 16.2. The van der Waals surface area contributed by atoms with Crippen molar-refractivity contribution in [2.45, 2.75) is 91.0 Å². The average Bonchev–Trinajstić information content (AvgIpc) is 2.98. The van der Waals surface area contributed by atoms with Crippen molar-refractivity contribution in [3.8, 4) is 0 Å². The Balaban J connectivity index is 1.55. The Labute approximate surface area is 252 Å². The number of rotatable bonds is 23. The molecule has 0 atom stereocenters. The van der Waals surface area contributed by atoms with Crippen LogP contribution in [-0.4, -0.2) is 54.5 Å². The maximum absolute atomic E-state index is 12.4. The van der Waals surface area contributed by atoms with Crippen molar-refractivity contribution < 1.29 is 19.2 Å². The summed E-state index contributed by atoms with van der Waals surface area (Å²) >= 11 is 0. The van der Waals surface area contributed by atoms with Gasteiger partial charge in [-0.25, -0.2) is 0 Å². The van der Waals surface area contributed by atoms with Gasteiger partial charge < -0.3 is 15.5 Å². The van der Waals surface area contributed by atoms with Gasteiger partial charge in [0.05, 0.1) is 0 Å². The zero-order valence-electron chi connectivity index (χ0n) is 25.7. The number of aryl methyl sites for hydroxylation is 1. The maximum Gasteiger partial charge on any atom is 0.220 e. The van der Waals surface area contributed by atoms with E-state index in [0.717, 1.165) is 44.5 Å². The van der Waals surface area contributed by atoms with Gasteiger partial charge in [-0.05, 0) is 62.2 Å². The molecule has 0 saturated heterocycles. The summed E-state index contributed by atoms with van der Waals surface area (Å²) in [6.45, 7) is 7.92. The number of hydrogen-bond acceptors (Lipinski definition) is 5. The van der Waals surface area contributed by atoms with E-state index in [1.807, 2.05) is 60.7 Å². The van der Waals surface area contributed by atoms with E-state index < -0.39 is 0 Å². The van der Waals surface area contributed by atoms with Crippen LogP contribution in [0, 0.1) is 5.92 Å². The van der Waals surface area contributed by atoms with E-state index in [0.29, 0.717) is 70.4 Å². The van der Waals surface area contributed by atoms with Gasteiger partial charge in [0.25, 0.3) is 0 Å². The monoisotopic (exact) mass is 577 g/mol. The quantitative estimate of drug-likeness (QED) is 0.178. The summed E-state index contributed by atoms with van der Waals surface area (Å²) in [6, 6.07) is 19.8. The second-order valence-corrected chi connectivity index (χ2v) is 11.5. The third-order valence-electron chi connectivity index (χ3n) is 7.29. The first-order valence-corrected chi connectivity index (χ1v) is 15.7. The largest absolute Gasteiger partial charge is 0.355 e. The Morgan fingerprint density at radius 1 is 0.619 bits per heavy atom. The number of Topliss-reactive ketones (excluding diaryl/α,β-unsaturated/α-hetero) is 2. The molecule has 230 valence electrons. The van der Waals surface area contributed by atoms with Gasteiger partial charge in [-0.2, -0.15) is 0 Å². The summed E-state index contributed by atoms with van der Waals surface area (Å²) in [5.74, 6) is 0.936. The zero-order chi connectivity index (χ0) is 30.4. The van der Waals surface area contributed by atoms with Crippen LogP contribution in [0.3, 0.4) is 0 Å². The molecular formula is C35H51N3O4. The molecule has 2 rings (SSSR count). The highest BCUT2D eigenvalue weighted by Crippen LogP contribution is 2.09. The molecule has 0 saturated carbocycles. The number of nitrogens with zero attached hydrogens (tertiary/aromatic N) is 1. The molecular weight excluding hydrogens is 526 g/mol. The van der Waals surface area contributed by atoms with Gasteiger partial charge in [0, 0.05) is 58.2 Å². The predicted octanol–water partition coefficient (Wildman–Crippen LogP) is 5.66. The molecule has 2 aromatic carbocycles. The summed E-state index contributed by atoms with van der Waals surface area (Å²) in [5, 5.41) is 5.87. The first-order chi connectivity index (χ1) is 20.3. The van der Waals surface area contributed by atoms with Gasteiger partial charge in [-0.3, -0.25) is 19.2 Å². The fourth-order valence-corrected chi connectivity index (χ4v) is 4.67. The van der Waals surface area contributed by atoms with Crippen molar-refractivity contribution in [3.05, 3.63) is 71.8 Å². The molecule has 42 heavy (non-hydrogen) atoms. The minimum Gasteiger partial charge on any atom is -0.355 e. The highest BCUT2D eigenvalue weighted by Gasteiger charge is 2.11. The molecule has 2 amide bonds. The van der Waals surface area contributed by atoms with Crippen LogP contribution < -0.4 is 10.6 Å². The van der Waals surface area contributed by atoms with Crippen LogP contribution in [0.25, 0.3) is 0 Å². The van der Waals surface area contributed by atoms with Crippen LogP contribution in [0.2, 0.25) is 0 Å². The first-order valence-electron chi connectivity index (χ1n) is 15.7. The number of amides is 2. The summed E-state index contributed by atoms with van der Waals surface area (Å²) in [7, 11) is 0. The number of nitrogens with one attached hydrogen (secondary N) is 2. The Morgan fingerprint density at radius 3 is 1.81 bits per heavy atom. The molecule has 0 aliphatic heterocycles. The van der Waals surface area contributed by atoms with E-state index in [2.05, 4.69) is 29.4 Å². The van der Waals surface area contributed by atoms with E-state index in [1.54, 1.807) is 0 Å². The zero-order valence-corrected chi connectivity index (χ0v) is 25.7. The van der Waals surface area contributed by atoms with Crippen molar-refractivity contribution in [1.29, 1.82) is 0 Å². The van der Waals surface area contributed by atoms with Gasteiger partial charge >= 0.3 is 0 Å². The molecule has 0 aliphatic carbocycles. The van der Waals surface area contributed by atoms with Crippen molar-refractivity contribution in [3.63, 3.8) is 0 Å². The summed E-state index contributed by atoms with van der Waals surface area (Å²) in [4.78, 5) is 51.2. The summed E-state index contributed by atoms with van der Waals surface area (Å²) < 4.78 is 0. The van der Waals surface area contributed by atoms with E-state index >= 15 is 0 Å². The minimum atomic E-state index is -0.0456. The minimum absolute atomic E-state index is 0.0387. The van der Waals surface area contributed by atoms with Gasteiger partial charge in [0.2, 0.25) is 11.8 Å². The van der Waals surface area contributed by atoms with Crippen LogP contribution in [0.15, 0.2) is 60.7 Å². The third-order valence-corrected chi connectivity index (χ3v) is 7.29. The van der Waals surface area contributed by atoms with Crippen molar-refractivity contribution in [2.75, 3.05) is 26.2 Å². The molecule has 0 spiro atoms. The summed E-state index contributed by atoms with van der Waals surface area (Å²) in [6.07, 6.45) is 6.39. The number of carbonyl (C=O) groups excluding carboxylic acids is 4. The average molecular weight is 578 g/mol. The molecule has 7 heteroatoms. The van der Waals surface area contributed by atoms with Gasteiger partial charge in [-0.1, -0.05) is 74.5 Å². The molecule has 0 bridgehead atoms. The molecule has 0 radical (unpaired) electrons. The molecule has 7 nitrogen and oxygen atoms in total. The SMILES string of the molecule is CC(C)CCN(CCCC(=O)CCCC(=O)CCc1ccccc1)CCNC(=O)CCCC(=O)NCc1ccccc1.